The largest absolute Gasteiger partial charge is 0.489 e. The van der Waals surface area contributed by atoms with E-state index in [4.69, 9.17) is 19.2 Å². The van der Waals surface area contributed by atoms with E-state index in [9.17, 15) is 10.1 Å². The first-order valence-corrected chi connectivity index (χ1v) is 11.3. The normalized spacial score (nSPS) is 13.6. The van der Waals surface area contributed by atoms with Gasteiger partial charge in [-0.1, -0.05) is 0 Å². The Labute approximate surface area is 203 Å². The van der Waals surface area contributed by atoms with Crippen molar-refractivity contribution in [2.24, 2.45) is 7.05 Å². The van der Waals surface area contributed by atoms with Crippen molar-refractivity contribution in [3.63, 3.8) is 0 Å². The summed E-state index contributed by atoms with van der Waals surface area (Å²) < 4.78 is 18.8. The number of anilines is 2. The molecular formula is C24H27N7O4. The first-order chi connectivity index (χ1) is 16.9. The summed E-state index contributed by atoms with van der Waals surface area (Å²) in [5.41, 5.74) is 2.54. The summed E-state index contributed by atoms with van der Waals surface area (Å²) in [6.07, 6.45) is 4.22. The number of hydrogen-bond donors (Lipinski definition) is 1. The van der Waals surface area contributed by atoms with Crippen LogP contribution in [0, 0.1) is 11.3 Å². The van der Waals surface area contributed by atoms with E-state index in [2.05, 4.69) is 15.4 Å². The average Bonchev–Trinajstić information content (AvgIpc) is 3.51. The smallest absolute Gasteiger partial charge is 0.328 e. The maximum Gasteiger partial charge on any atom is 0.328 e. The highest BCUT2D eigenvalue weighted by Crippen LogP contribution is 2.33. The number of nitrogens with zero attached hydrogens (tertiary/aromatic N) is 6. The van der Waals surface area contributed by atoms with Crippen LogP contribution in [0.3, 0.4) is 0 Å². The minimum atomic E-state index is -0.636. The number of ether oxygens (including phenoxy) is 3. The fraction of sp³-hybridized carbons (Fsp3) is 0.375. The van der Waals surface area contributed by atoms with Crippen LogP contribution in [0.5, 0.6) is 5.75 Å². The fourth-order valence-corrected chi connectivity index (χ4v) is 3.64. The van der Waals surface area contributed by atoms with E-state index in [0.717, 1.165) is 11.1 Å². The number of aromatic nitrogens is 4. The molecule has 0 aliphatic carbocycles. The van der Waals surface area contributed by atoms with Gasteiger partial charge >= 0.3 is 6.03 Å². The minimum Gasteiger partial charge on any atom is -0.489 e. The van der Waals surface area contributed by atoms with Crippen LogP contribution in [0.15, 0.2) is 36.8 Å². The van der Waals surface area contributed by atoms with Crippen LogP contribution >= 0.6 is 0 Å². The molecule has 11 heteroatoms. The van der Waals surface area contributed by atoms with Gasteiger partial charge < -0.3 is 14.2 Å². The predicted molar refractivity (Wildman–Crippen MR) is 128 cm³/mol. The van der Waals surface area contributed by atoms with Crippen molar-refractivity contribution in [3.8, 4) is 22.9 Å². The molecule has 35 heavy (non-hydrogen) atoms. The third-order valence-corrected chi connectivity index (χ3v) is 5.19. The lowest BCUT2D eigenvalue weighted by molar-refractivity contribution is -0.0467. The molecule has 0 bridgehead atoms. The van der Waals surface area contributed by atoms with Crippen molar-refractivity contribution in [3.05, 3.63) is 48.0 Å². The van der Waals surface area contributed by atoms with E-state index in [0.29, 0.717) is 37.0 Å². The summed E-state index contributed by atoms with van der Waals surface area (Å²) in [5, 5.41) is 16.3. The lowest BCUT2D eigenvalue weighted by Gasteiger charge is -2.23. The lowest BCUT2D eigenvalue weighted by atomic mass is 10.1. The second kappa shape index (κ2) is 10.5. The van der Waals surface area contributed by atoms with Crippen LogP contribution in [0.1, 0.15) is 38.3 Å². The number of amides is 2. The van der Waals surface area contributed by atoms with Crippen LogP contribution in [-0.2, 0) is 16.5 Å². The Kier molecular flexibility index (Phi) is 7.24. The molecule has 182 valence electrons. The van der Waals surface area contributed by atoms with Crippen molar-refractivity contribution in [2.75, 3.05) is 30.0 Å². The Morgan fingerprint density at radius 2 is 2.11 bits per heavy atom. The molecule has 2 amide bonds. The molecule has 4 heterocycles. The van der Waals surface area contributed by atoms with Gasteiger partial charge in [-0.15, -0.1) is 0 Å². The van der Waals surface area contributed by atoms with E-state index in [1.54, 1.807) is 16.9 Å². The molecule has 1 aliphatic rings. The number of nitriles is 1. The molecule has 1 fully saturated rings. The Morgan fingerprint density at radius 1 is 1.34 bits per heavy atom. The Morgan fingerprint density at radius 3 is 2.74 bits per heavy atom. The highest BCUT2D eigenvalue weighted by atomic mass is 16.7. The zero-order valence-corrected chi connectivity index (χ0v) is 20.1. The zero-order chi connectivity index (χ0) is 24.9. The van der Waals surface area contributed by atoms with E-state index >= 15 is 0 Å². The number of hydrogen-bond acceptors (Lipinski definition) is 8. The summed E-state index contributed by atoms with van der Waals surface area (Å²) in [7, 11) is 1.84. The Hall–Kier alpha value is -4.01. The van der Waals surface area contributed by atoms with Gasteiger partial charge in [-0.25, -0.2) is 14.8 Å². The second-order valence-electron chi connectivity index (χ2n) is 8.10. The minimum absolute atomic E-state index is 0.138. The molecule has 1 aliphatic heterocycles. The lowest BCUT2D eigenvalue weighted by Crippen LogP contribution is -2.36. The summed E-state index contributed by atoms with van der Waals surface area (Å²) in [5.74, 6) is 1.05. The van der Waals surface area contributed by atoms with Crippen molar-refractivity contribution >= 4 is 17.7 Å². The Bertz CT molecular complexity index is 1240. The van der Waals surface area contributed by atoms with Gasteiger partial charge in [0.25, 0.3) is 0 Å². The zero-order valence-electron chi connectivity index (χ0n) is 20.1. The van der Waals surface area contributed by atoms with Gasteiger partial charge in [-0.2, -0.15) is 10.4 Å². The van der Waals surface area contributed by atoms with Gasteiger partial charge in [0.2, 0.25) is 6.29 Å². The van der Waals surface area contributed by atoms with Gasteiger partial charge in [0.1, 0.15) is 34.7 Å². The third-order valence-electron chi connectivity index (χ3n) is 5.19. The molecule has 0 atom stereocenters. The van der Waals surface area contributed by atoms with Crippen LogP contribution < -0.4 is 15.0 Å². The first kappa shape index (κ1) is 24.1. The van der Waals surface area contributed by atoms with E-state index in [-0.39, 0.29) is 17.5 Å². The second-order valence-corrected chi connectivity index (χ2v) is 8.10. The summed E-state index contributed by atoms with van der Waals surface area (Å²) in [6, 6.07) is 6.80. The molecule has 0 radical (unpaired) electrons. The maximum atomic E-state index is 13.2. The van der Waals surface area contributed by atoms with Gasteiger partial charge in [0.15, 0.2) is 0 Å². The molecule has 0 aromatic carbocycles. The molecular weight excluding hydrogens is 450 g/mol. The molecule has 11 nitrogen and oxygen atoms in total. The summed E-state index contributed by atoms with van der Waals surface area (Å²) in [4.78, 5) is 23.6. The number of carbonyl (C=O) groups excluding carboxylic acids is 1. The van der Waals surface area contributed by atoms with Crippen LogP contribution in [0.4, 0.5) is 16.4 Å². The molecule has 1 saturated heterocycles. The number of aryl methyl sites for hydroxylation is 1. The number of nitrogens with one attached hydrogen (secondary N) is 1. The molecule has 0 saturated carbocycles. The topological polar surface area (TPSA) is 127 Å². The highest BCUT2D eigenvalue weighted by Gasteiger charge is 2.26. The van der Waals surface area contributed by atoms with Crippen LogP contribution in [-0.4, -0.2) is 51.6 Å². The van der Waals surface area contributed by atoms with Gasteiger partial charge in [0.05, 0.1) is 31.7 Å². The summed E-state index contributed by atoms with van der Waals surface area (Å²) in [6.45, 7) is 6.84. The van der Waals surface area contributed by atoms with Crippen LogP contribution in [0.25, 0.3) is 11.1 Å². The molecule has 3 aromatic rings. The van der Waals surface area contributed by atoms with Crippen molar-refractivity contribution in [1.29, 1.82) is 5.26 Å². The number of pyridine rings is 2. The molecule has 1 N–H and O–H groups in total. The standard InChI is InChI=1S/C24H27N7O4/c1-5-31(24(32)28-20-10-19(35-15(2)3)16(11-25)12-26-20)21-7-6-18(17-13-27-30(4)14-17)22(29-21)23-33-8-9-34-23/h6-7,10,12-15,23H,5,8-9H2,1-4H3,(H,26,28,32). The highest BCUT2D eigenvalue weighted by molar-refractivity contribution is 6.00. The van der Waals surface area contributed by atoms with E-state index in [1.165, 1.54) is 17.2 Å². The number of rotatable bonds is 7. The number of urea groups is 1. The van der Waals surface area contributed by atoms with Crippen molar-refractivity contribution in [1.82, 2.24) is 19.7 Å². The molecule has 4 rings (SSSR count). The quantitative estimate of drug-likeness (QED) is 0.546. The van der Waals surface area contributed by atoms with Gasteiger partial charge in [-0.05, 0) is 32.9 Å². The average molecular weight is 478 g/mol. The van der Waals surface area contributed by atoms with Gasteiger partial charge in [-0.3, -0.25) is 14.9 Å². The molecule has 0 unspecified atom stereocenters. The SMILES string of the molecule is CCN(C(=O)Nc1cc(OC(C)C)c(C#N)cn1)c1ccc(-c2cnn(C)c2)c(C2OCCO2)n1. The first-order valence-electron chi connectivity index (χ1n) is 11.3. The van der Waals surface area contributed by atoms with Gasteiger partial charge in [0, 0.05) is 37.0 Å². The predicted octanol–water partition coefficient (Wildman–Crippen LogP) is 3.64. The van der Waals surface area contributed by atoms with Crippen LogP contribution in [0.2, 0.25) is 0 Å². The Balaban J connectivity index is 1.62. The molecule has 3 aromatic heterocycles. The fourth-order valence-electron chi connectivity index (χ4n) is 3.64. The molecule has 0 spiro atoms. The van der Waals surface area contributed by atoms with E-state index in [1.807, 2.05) is 46.2 Å². The van der Waals surface area contributed by atoms with E-state index < -0.39 is 12.3 Å². The maximum absolute atomic E-state index is 13.2. The van der Waals surface area contributed by atoms with Crippen molar-refractivity contribution in [2.45, 2.75) is 33.2 Å². The van der Waals surface area contributed by atoms with Crippen molar-refractivity contribution < 1.29 is 19.0 Å². The monoisotopic (exact) mass is 477 g/mol. The third kappa shape index (κ3) is 5.40. The summed E-state index contributed by atoms with van der Waals surface area (Å²) >= 11 is 0. The number of carbonyl (C=O) groups is 1.